The van der Waals surface area contributed by atoms with Crippen LogP contribution < -0.4 is 15.4 Å². The molecule has 2 bridgehead atoms. The van der Waals surface area contributed by atoms with Crippen LogP contribution in [0, 0.1) is 23.2 Å². The lowest BCUT2D eigenvalue weighted by atomic mass is 9.71. The van der Waals surface area contributed by atoms with Crippen molar-refractivity contribution in [1.29, 1.82) is 5.26 Å². The van der Waals surface area contributed by atoms with Crippen LogP contribution in [-0.2, 0) is 9.59 Å². The summed E-state index contributed by atoms with van der Waals surface area (Å²) in [6.45, 7) is 0.492. The van der Waals surface area contributed by atoms with E-state index >= 15 is 0 Å². The number of nitriles is 1. The Labute approximate surface area is 206 Å². The smallest absolute Gasteiger partial charge is 0.271 e. The second kappa shape index (κ2) is 9.08. The van der Waals surface area contributed by atoms with Crippen molar-refractivity contribution in [1.82, 2.24) is 20.5 Å². The van der Waals surface area contributed by atoms with Gasteiger partial charge in [0, 0.05) is 35.8 Å². The van der Waals surface area contributed by atoms with Crippen molar-refractivity contribution in [3.05, 3.63) is 30.0 Å². The van der Waals surface area contributed by atoms with Gasteiger partial charge in [0.2, 0.25) is 11.8 Å². The number of hydrogen-bond acceptors (Lipinski definition) is 5. The molecule has 3 aliphatic heterocycles. The van der Waals surface area contributed by atoms with Gasteiger partial charge < -0.3 is 25.3 Å². The summed E-state index contributed by atoms with van der Waals surface area (Å²) in [5.41, 5.74) is 0.813. The van der Waals surface area contributed by atoms with Crippen molar-refractivity contribution < 1.29 is 27.9 Å². The highest BCUT2D eigenvalue weighted by atomic mass is 19.3. The van der Waals surface area contributed by atoms with Gasteiger partial charge in [0.25, 0.3) is 11.8 Å². The quantitative estimate of drug-likeness (QED) is 0.562. The molecule has 2 aromatic rings. The van der Waals surface area contributed by atoms with E-state index < -0.39 is 54.1 Å². The molecule has 36 heavy (non-hydrogen) atoms. The molecule has 4 heterocycles. The molecular weight excluding hydrogens is 472 g/mol. The maximum atomic E-state index is 15.0. The molecule has 5 atom stereocenters. The van der Waals surface area contributed by atoms with Gasteiger partial charge in [-0.1, -0.05) is 6.07 Å². The minimum atomic E-state index is -3.11. The molecule has 6 rings (SSSR count). The van der Waals surface area contributed by atoms with Gasteiger partial charge in [0.05, 0.1) is 19.1 Å². The fourth-order valence-electron chi connectivity index (χ4n) is 5.91. The highest BCUT2D eigenvalue weighted by Crippen LogP contribution is 2.49. The number of aromatic nitrogens is 1. The number of amides is 3. The van der Waals surface area contributed by atoms with Crippen LogP contribution in [0.25, 0.3) is 10.9 Å². The van der Waals surface area contributed by atoms with E-state index in [2.05, 4.69) is 15.6 Å². The van der Waals surface area contributed by atoms with Crippen LogP contribution in [0.2, 0.25) is 0 Å². The molecule has 1 saturated carbocycles. The number of benzene rings is 1. The normalized spacial score (nSPS) is 27.4. The zero-order valence-corrected chi connectivity index (χ0v) is 19.7. The second-order valence-corrected chi connectivity index (χ2v) is 9.77. The number of rotatable bonds is 6. The van der Waals surface area contributed by atoms with E-state index in [1.54, 1.807) is 24.3 Å². The summed E-state index contributed by atoms with van der Waals surface area (Å²) >= 11 is 0. The number of alkyl halides is 2. The Kier molecular flexibility index (Phi) is 6.06. The first-order valence-electron chi connectivity index (χ1n) is 12.1. The number of methoxy groups -OCH3 is 1. The summed E-state index contributed by atoms with van der Waals surface area (Å²) in [5, 5.41) is 15.5. The standard InChI is InChI=1S/C25H27F2N5O4/c1-36-20-4-2-3-18-16(20)10-19(31-18)24(35)32-15-5-6-17(25(26,27)11-15)21(32)23(34)30-14(12-28)9-13-7-8-29-22(13)33/h2-4,10,13-15,17,21,31H,5-9,11H2,1H3,(H,29,33)(H,30,34)/t13-,14-,15-,17-,21+/m1/s1. The molecule has 1 aliphatic carbocycles. The number of fused-ring (bicyclic) bond motifs is 4. The molecule has 3 N–H and O–H groups in total. The molecule has 190 valence electrons. The van der Waals surface area contributed by atoms with E-state index in [4.69, 9.17) is 4.74 Å². The first-order chi connectivity index (χ1) is 17.2. The lowest BCUT2D eigenvalue weighted by Gasteiger charge is -2.53. The van der Waals surface area contributed by atoms with E-state index in [1.807, 2.05) is 6.07 Å². The van der Waals surface area contributed by atoms with Crippen molar-refractivity contribution in [3.63, 3.8) is 0 Å². The monoisotopic (exact) mass is 499 g/mol. The lowest BCUT2D eigenvalue weighted by Crippen LogP contribution is -2.68. The fraction of sp³-hybridized carbons (Fsp3) is 0.520. The predicted octanol–water partition coefficient (Wildman–Crippen LogP) is 2.34. The molecule has 4 fully saturated rings. The van der Waals surface area contributed by atoms with Crippen LogP contribution >= 0.6 is 0 Å². The first-order valence-corrected chi connectivity index (χ1v) is 12.1. The van der Waals surface area contributed by atoms with Crippen LogP contribution in [0.1, 0.15) is 42.6 Å². The van der Waals surface area contributed by atoms with E-state index in [1.165, 1.54) is 12.0 Å². The fourth-order valence-corrected chi connectivity index (χ4v) is 5.91. The number of nitrogens with one attached hydrogen (secondary N) is 3. The maximum Gasteiger partial charge on any atom is 0.271 e. The Bertz CT molecular complexity index is 1250. The van der Waals surface area contributed by atoms with Gasteiger partial charge in [-0.25, -0.2) is 8.78 Å². The van der Waals surface area contributed by atoms with Crippen molar-refractivity contribution in [2.24, 2.45) is 11.8 Å². The SMILES string of the molecule is COc1cccc2[nH]c(C(=O)N3[C@@H]4CC[C@H]([C@H]3C(=O)N[C@@H](C#N)C[C@H]3CCNC3=O)C(F)(F)C4)cc12. The van der Waals surface area contributed by atoms with E-state index in [0.717, 1.165) is 0 Å². The van der Waals surface area contributed by atoms with Crippen molar-refractivity contribution in [2.75, 3.05) is 13.7 Å². The lowest BCUT2D eigenvalue weighted by molar-refractivity contribution is -0.179. The van der Waals surface area contributed by atoms with Crippen LogP contribution in [0.15, 0.2) is 24.3 Å². The molecule has 9 nitrogen and oxygen atoms in total. The molecule has 3 amide bonds. The number of nitrogens with zero attached hydrogens (tertiary/aromatic N) is 2. The summed E-state index contributed by atoms with van der Waals surface area (Å²) in [6.07, 6.45) is 0.570. The number of piperidine rings is 2. The van der Waals surface area contributed by atoms with Crippen molar-refractivity contribution in [3.8, 4) is 11.8 Å². The third-order valence-electron chi connectivity index (χ3n) is 7.67. The number of hydrogen-bond donors (Lipinski definition) is 3. The van der Waals surface area contributed by atoms with E-state index in [-0.39, 0.29) is 24.4 Å². The molecular formula is C25H27F2N5O4. The van der Waals surface area contributed by atoms with Crippen LogP contribution in [-0.4, -0.2) is 65.3 Å². The Morgan fingerprint density at radius 3 is 2.81 bits per heavy atom. The second-order valence-electron chi connectivity index (χ2n) is 9.77. The summed E-state index contributed by atoms with van der Waals surface area (Å²) in [4.78, 5) is 43.3. The molecule has 4 aliphatic rings. The number of carbonyl (C=O) groups excluding carboxylic acids is 3. The van der Waals surface area contributed by atoms with Gasteiger partial charge >= 0.3 is 0 Å². The summed E-state index contributed by atoms with van der Waals surface area (Å²) < 4.78 is 35.3. The Balaban J connectivity index is 1.43. The molecule has 0 unspecified atom stereocenters. The topological polar surface area (TPSA) is 127 Å². The molecule has 11 heteroatoms. The minimum Gasteiger partial charge on any atom is -0.496 e. The van der Waals surface area contributed by atoms with Crippen molar-refractivity contribution >= 4 is 28.6 Å². The first kappa shape index (κ1) is 24.0. The van der Waals surface area contributed by atoms with Gasteiger partial charge in [-0.3, -0.25) is 14.4 Å². The Morgan fingerprint density at radius 1 is 1.33 bits per heavy atom. The molecule has 1 aromatic carbocycles. The average molecular weight is 500 g/mol. The number of halogens is 2. The Hall–Kier alpha value is -3.68. The van der Waals surface area contributed by atoms with Gasteiger partial charge in [0.15, 0.2) is 0 Å². The van der Waals surface area contributed by atoms with Gasteiger partial charge in [0.1, 0.15) is 23.5 Å². The van der Waals surface area contributed by atoms with Crippen LogP contribution in [0.5, 0.6) is 5.75 Å². The molecule has 3 saturated heterocycles. The molecule has 1 aromatic heterocycles. The molecule has 0 radical (unpaired) electrons. The summed E-state index contributed by atoms with van der Waals surface area (Å²) in [7, 11) is 1.51. The maximum absolute atomic E-state index is 15.0. The number of ether oxygens (including phenoxy) is 1. The number of aromatic amines is 1. The average Bonchev–Trinajstić information content (AvgIpc) is 3.48. The summed E-state index contributed by atoms with van der Waals surface area (Å²) in [5.74, 6) is -5.90. The van der Waals surface area contributed by atoms with Crippen LogP contribution in [0.4, 0.5) is 8.78 Å². The third-order valence-corrected chi connectivity index (χ3v) is 7.67. The molecule has 0 spiro atoms. The minimum absolute atomic E-state index is 0.0844. The highest BCUT2D eigenvalue weighted by Gasteiger charge is 2.60. The van der Waals surface area contributed by atoms with Gasteiger partial charge in [-0.05, 0) is 43.9 Å². The zero-order valence-electron chi connectivity index (χ0n) is 19.7. The summed E-state index contributed by atoms with van der Waals surface area (Å²) in [6, 6.07) is 5.57. The number of H-pyrrole nitrogens is 1. The largest absolute Gasteiger partial charge is 0.496 e. The van der Waals surface area contributed by atoms with E-state index in [0.29, 0.717) is 36.0 Å². The number of carbonyl (C=O) groups is 3. The van der Waals surface area contributed by atoms with Gasteiger partial charge in [-0.15, -0.1) is 0 Å². The highest BCUT2D eigenvalue weighted by molar-refractivity contribution is 6.02. The predicted molar refractivity (Wildman–Crippen MR) is 124 cm³/mol. The van der Waals surface area contributed by atoms with Gasteiger partial charge in [-0.2, -0.15) is 5.26 Å². The zero-order chi connectivity index (χ0) is 25.6. The third kappa shape index (κ3) is 4.04. The van der Waals surface area contributed by atoms with E-state index in [9.17, 15) is 28.4 Å². The van der Waals surface area contributed by atoms with Crippen LogP contribution in [0.3, 0.4) is 0 Å². The van der Waals surface area contributed by atoms with Crippen molar-refractivity contribution in [2.45, 2.75) is 56.2 Å². The Morgan fingerprint density at radius 2 is 2.14 bits per heavy atom.